The summed E-state index contributed by atoms with van der Waals surface area (Å²) in [6.45, 7) is 5.89. The zero-order chi connectivity index (χ0) is 17.3. The van der Waals surface area contributed by atoms with Gasteiger partial charge in [0.05, 0.1) is 11.3 Å². The van der Waals surface area contributed by atoms with Gasteiger partial charge in [0.1, 0.15) is 11.1 Å². The topological polar surface area (TPSA) is 96.0 Å². The van der Waals surface area contributed by atoms with Gasteiger partial charge in [-0.15, -0.1) is 16.4 Å². The van der Waals surface area contributed by atoms with Gasteiger partial charge in [-0.25, -0.2) is 9.50 Å². The Hall–Kier alpha value is -2.44. The Morgan fingerprint density at radius 3 is 2.96 bits per heavy atom. The highest BCUT2D eigenvalue weighted by Crippen LogP contribution is 2.23. The maximum Gasteiger partial charge on any atom is 0.253 e. The molecule has 7 nitrogen and oxygen atoms in total. The molecule has 24 heavy (non-hydrogen) atoms. The van der Waals surface area contributed by atoms with E-state index >= 15 is 0 Å². The Labute approximate surface area is 146 Å². The quantitative estimate of drug-likeness (QED) is 0.720. The average molecular weight is 358 g/mol. The van der Waals surface area contributed by atoms with E-state index in [1.807, 2.05) is 26.8 Å². The Morgan fingerprint density at radius 1 is 1.42 bits per heavy atom. The number of aryl methyl sites for hydroxylation is 2. The molecule has 0 saturated carbocycles. The lowest BCUT2D eigenvalue weighted by Gasteiger charge is -2.04. The number of thiophene rings is 1. The van der Waals surface area contributed by atoms with Crippen LogP contribution < -0.4 is 5.32 Å². The van der Waals surface area contributed by atoms with E-state index in [0.717, 1.165) is 17.0 Å². The van der Waals surface area contributed by atoms with Crippen molar-refractivity contribution in [2.24, 2.45) is 0 Å². The first kappa shape index (κ1) is 16.4. The molecule has 0 saturated heterocycles. The van der Waals surface area contributed by atoms with E-state index in [0.29, 0.717) is 21.5 Å². The monoisotopic (exact) mass is 358 g/mol. The number of thioether (sulfide) groups is 1. The molecular weight excluding hydrogens is 344 g/mol. The maximum absolute atomic E-state index is 12.0. The number of anilines is 1. The molecule has 1 N–H and O–H groups in total. The molecule has 0 aliphatic rings. The lowest BCUT2D eigenvalue weighted by molar-refractivity contribution is -0.113. The number of hydrogen-bond donors (Lipinski definition) is 1. The van der Waals surface area contributed by atoms with Crippen LogP contribution in [0.15, 0.2) is 16.6 Å². The first-order valence-electron chi connectivity index (χ1n) is 7.10. The molecule has 0 bridgehead atoms. The molecule has 1 amide bonds. The van der Waals surface area contributed by atoms with Crippen LogP contribution in [0.3, 0.4) is 0 Å². The fraction of sp³-hybridized carbons (Fsp3) is 0.267. The van der Waals surface area contributed by atoms with Crippen molar-refractivity contribution in [2.45, 2.75) is 25.9 Å². The molecule has 9 heteroatoms. The molecular formula is C15H14N6OS2. The van der Waals surface area contributed by atoms with Gasteiger partial charge in [-0.05, 0) is 37.8 Å². The minimum absolute atomic E-state index is 0.163. The minimum atomic E-state index is -0.199. The van der Waals surface area contributed by atoms with Crippen LogP contribution in [-0.2, 0) is 4.79 Å². The summed E-state index contributed by atoms with van der Waals surface area (Å²) in [4.78, 5) is 20.8. The van der Waals surface area contributed by atoms with Gasteiger partial charge in [0, 0.05) is 11.4 Å². The first-order chi connectivity index (χ1) is 11.5. The van der Waals surface area contributed by atoms with Crippen LogP contribution in [0.5, 0.6) is 0 Å². The molecule has 122 valence electrons. The number of nitrogens with one attached hydrogen (secondary N) is 1. The van der Waals surface area contributed by atoms with Crippen molar-refractivity contribution in [3.05, 3.63) is 34.0 Å². The summed E-state index contributed by atoms with van der Waals surface area (Å²) < 4.78 is 1.69. The largest absolute Gasteiger partial charge is 0.316 e. The summed E-state index contributed by atoms with van der Waals surface area (Å²) >= 11 is 2.56. The predicted octanol–water partition coefficient (Wildman–Crippen LogP) is 2.71. The molecule has 0 spiro atoms. The van der Waals surface area contributed by atoms with E-state index in [2.05, 4.69) is 20.4 Å². The number of nitrogens with zero attached hydrogens (tertiary/aromatic N) is 5. The lowest BCUT2D eigenvalue weighted by Crippen LogP contribution is -2.13. The van der Waals surface area contributed by atoms with Crippen LogP contribution in [-0.4, -0.2) is 31.2 Å². The van der Waals surface area contributed by atoms with Crippen molar-refractivity contribution in [3.8, 4) is 6.07 Å². The third-order valence-corrected chi connectivity index (χ3v) is 5.28. The van der Waals surface area contributed by atoms with Gasteiger partial charge < -0.3 is 5.32 Å². The molecule has 3 aromatic rings. The molecule has 0 radical (unpaired) electrons. The summed E-state index contributed by atoms with van der Waals surface area (Å²) in [5.41, 5.74) is 3.44. The van der Waals surface area contributed by atoms with Crippen molar-refractivity contribution in [3.63, 3.8) is 0 Å². The molecule has 3 rings (SSSR count). The summed E-state index contributed by atoms with van der Waals surface area (Å²) in [7, 11) is 0. The highest BCUT2D eigenvalue weighted by molar-refractivity contribution is 7.99. The van der Waals surface area contributed by atoms with E-state index in [1.54, 1.807) is 16.0 Å². The Bertz CT molecular complexity index is 968. The number of nitriles is 1. The second kappa shape index (κ2) is 6.59. The van der Waals surface area contributed by atoms with E-state index in [-0.39, 0.29) is 11.7 Å². The summed E-state index contributed by atoms with van der Waals surface area (Å²) in [6, 6.07) is 3.72. The highest BCUT2D eigenvalue weighted by atomic mass is 32.2. The molecule has 0 fully saturated rings. The fourth-order valence-electron chi connectivity index (χ4n) is 2.09. The summed E-state index contributed by atoms with van der Waals surface area (Å²) in [6.07, 6.45) is 0. The average Bonchev–Trinajstić information content (AvgIpc) is 3.17. The standard InChI is InChI=1S/C15H14N6OS2/c1-8-9(2)17-14-19-15(20-21(14)10(8)3)24-7-12(22)18-13-11(6-16)4-5-23-13/h4-5H,7H2,1-3H3,(H,18,22). The van der Waals surface area contributed by atoms with Crippen molar-refractivity contribution in [1.29, 1.82) is 5.26 Å². The number of hydrogen-bond acceptors (Lipinski definition) is 7. The van der Waals surface area contributed by atoms with Crippen LogP contribution in [0, 0.1) is 32.1 Å². The van der Waals surface area contributed by atoms with Crippen LogP contribution in [0.2, 0.25) is 0 Å². The number of amides is 1. The molecule has 0 aromatic carbocycles. The number of carbonyl (C=O) groups is 1. The SMILES string of the molecule is Cc1nc2nc(SCC(=O)Nc3sccc3C#N)nn2c(C)c1C. The molecule has 0 atom stereocenters. The molecule has 0 aliphatic carbocycles. The lowest BCUT2D eigenvalue weighted by atomic mass is 10.2. The van der Waals surface area contributed by atoms with Gasteiger partial charge in [0.2, 0.25) is 11.1 Å². The zero-order valence-electron chi connectivity index (χ0n) is 13.3. The Kier molecular flexibility index (Phi) is 4.51. The smallest absolute Gasteiger partial charge is 0.253 e. The normalized spacial score (nSPS) is 10.8. The Balaban J connectivity index is 1.71. The molecule has 0 unspecified atom stereocenters. The van der Waals surface area contributed by atoms with Gasteiger partial charge in [0.25, 0.3) is 5.78 Å². The predicted molar refractivity (Wildman–Crippen MR) is 93.4 cm³/mol. The highest BCUT2D eigenvalue weighted by Gasteiger charge is 2.13. The number of fused-ring (bicyclic) bond motifs is 1. The van der Waals surface area contributed by atoms with Crippen molar-refractivity contribution in [2.75, 3.05) is 11.1 Å². The Morgan fingerprint density at radius 2 is 2.21 bits per heavy atom. The summed E-state index contributed by atoms with van der Waals surface area (Å²) in [5.74, 6) is 0.495. The second-order valence-electron chi connectivity index (χ2n) is 5.13. The van der Waals surface area contributed by atoms with Gasteiger partial charge in [-0.1, -0.05) is 11.8 Å². The van der Waals surface area contributed by atoms with Crippen molar-refractivity contribution < 1.29 is 4.79 Å². The van der Waals surface area contributed by atoms with Gasteiger partial charge in [-0.3, -0.25) is 4.79 Å². The maximum atomic E-state index is 12.0. The van der Waals surface area contributed by atoms with Crippen LogP contribution >= 0.6 is 23.1 Å². The van der Waals surface area contributed by atoms with Crippen LogP contribution in [0.25, 0.3) is 5.78 Å². The van der Waals surface area contributed by atoms with Crippen LogP contribution in [0.1, 0.15) is 22.5 Å². The number of carbonyl (C=O) groups excluding carboxylic acids is 1. The van der Waals surface area contributed by atoms with Crippen molar-refractivity contribution >= 4 is 39.8 Å². The van der Waals surface area contributed by atoms with Gasteiger partial charge in [0.15, 0.2) is 0 Å². The van der Waals surface area contributed by atoms with Crippen LogP contribution in [0.4, 0.5) is 5.00 Å². The molecule has 3 heterocycles. The molecule has 3 aromatic heterocycles. The van der Waals surface area contributed by atoms with E-state index in [4.69, 9.17) is 5.26 Å². The van der Waals surface area contributed by atoms with E-state index < -0.39 is 0 Å². The number of rotatable bonds is 4. The minimum Gasteiger partial charge on any atom is -0.316 e. The second-order valence-corrected chi connectivity index (χ2v) is 6.98. The van der Waals surface area contributed by atoms with Gasteiger partial charge >= 0.3 is 0 Å². The van der Waals surface area contributed by atoms with Gasteiger partial charge in [-0.2, -0.15) is 10.2 Å². The zero-order valence-corrected chi connectivity index (χ0v) is 15.0. The number of aromatic nitrogens is 4. The summed E-state index contributed by atoms with van der Waals surface area (Å²) in [5, 5.41) is 18.9. The van der Waals surface area contributed by atoms with Crippen molar-refractivity contribution in [1.82, 2.24) is 19.6 Å². The van der Waals surface area contributed by atoms with E-state index in [1.165, 1.54) is 23.1 Å². The third kappa shape index (κ3) is 3.11. The third-order valence-electron chi connectivity index (χ3n) is 3.61. The molecule has 0 aliphatic heterocycles. The fourth-order valence-corrected chi connectivity index (χ4v) is 3.46. The first-order valence-corrected chi connectivity index (χ1v) is 8.97. The van der Waals surface area contributed by atoms with E-state index in [9.17, 15) is 4.79 Å².